The fourth-order valence-electron chi connectivity index (χ4n) is 2.87. The predicted octanol–water partition coefficient (Wildman–Crippen LogP) is 3.12. The molecule has 1 atom stereocenters. The summed E-state index contributed by atoms with van der Waals surface area (Å²) in [6.07, 6.45) is 0.950. The number of rotatable bonds is 4. The molecule has 1 amide bonds. The lowest BCUT2D eigenvalue weighted by molar-refractivity contribution is -0.138. The van der Waals surface area contributed by atoms with Gasteiger partial charge in [0.15, 0.2) is 0 Å². The van der Waals surface area contributed by atoms with Crippen molar-refractivity contribution in [1.82, 2.24) is 9.88 Å². The van der Waals surface area contributed by atoms with Crippen LogP contribution in [0.4, 0.5) is 4.39 Å². The van der Waals surface area contributed by atoms with Crippen LogP contribution in [0, 0.1) is 5.82 Å². The second-order valence-electron chi connectivity index (χ2n) is 5.91. The van der Waals surface area contributed by atoms with E-state index < -0.39 is 0 Å². The number of nitrogens with zero attached hydrogens (tertiary/aromatic N) is 2. The number of hydrogen-bond donors (Lipinski definition) is 0. The SMILES string of the molecule is CCC(=O)N1CCOC(c2cccc(Cc3ccc(F)cc3)n2)C1. The van der Waals surface area contributed by atoms with Gasteiger partial charge in [0.05, 0.1) is 18.8 Å². The van der Waals surface area contributed by atoms with Crippen LogP contribution in [-0.4, -0.2) is 35.5 Å². The Balaban J connectivity index is 1.72. The Kier molecular flexibility index (Phi) is 5.20. The molecule has 3 rings (SSSR count). The van der Waals surface area contributed by atoms with E-state index in [2.05, 4.69) is 4.98 Å². The van der Waals surface area contributed by atoms with Gasteiger partial charge in [0.2, 0.25) is 5.91 Å². The minimum Gasteiger partial charge on any atom is -0.368 e. The van der Waals surface area contributed by atoms with Crippen molar-refractivity contribution in [2.24, 2.45) is 0 Å². The van der Waals surface area contributed by atoms with Crippen LogP contribution in [-0.2, 0) is 16.0 Å². The number of pyridine rings is 1. The first-order valence-electron chi connectivity index (χ1n) is 8.25. The van der Waals surface area contributed by atoms with Crippen LogP contribution in [0.3, 0.4) is 0 Å². The molecular formula is C19H21FN2O2. The summed E-state index contributed by atoms with van der Waals surface area (Å²) in [6, 6.07) is 12.3. The Bertz CT molecular complexity index is 703. The van der Waals surface area contributed by atoms with E-state index in [-0.39, 0.29) is 17.8 Å². The molecule has 1 aromatic heterocycles. The van der Waals surface area contributed by atoms with E-state index in [4.69, 9.17) is 4.74 Å². The lowest BCUT2D eigenvalue weighted by Crippen LogP contribution is -2.42. The van der Waals surface area contributed by atoms with Gasteiger partial charge in [-0.2, -0.15) is 0 Å². The number of hydrogen-bond acceptors (Lipinski definition) is 3. The Morgan fingerprint density at radius 1 is 1.29 bits per heavy atom. The molecule has 4 nitrogen and oxygen atoms in total. The van der Waals surface area contributed by atoms with Crippen molar-refractivity contribution >= 4 is 5.91 Å². The number of amides is 1. The van der Waals surface area contributed by atoms with Crippen LogP contribution in [0.1, 0.15) is 36.4 Å². The number of carbonyl (C=O) groups is 1. The van der Waals surface area contributed by atoms with Crippen molar-refractivity contribution in [2.75, 3.05) is 19.7 Å². The smallest absolute Gasteiger partial charge is 0.222 e. The van der Waals surface area contributed by atoms with Gasteiger partial charge in [-0.1, -0.05) is 25.1 Å². The van der Waals surface area contributed by atoms with Crippen molar-refractivity contribution in [3.8, 4) is 0 Å². The van der Waals surface area contributed by atoms with Crippen LogP contribution >= 0.6 is 0 Å². The second-order valence-corrected chi connectivity index (χ2v) is 5.91. The van der Waals surface area contributed by atoms with Crippen LogP contribution in [0.5, 0.6) is 0 Å². The first-order valence-corrected chi connectivity index (χ1v) is 8.25. The fourth-order valence-corrected chi connectivity index (χ4v) is 2.87. The number of benzene rings is 1. The lowest BCUT2D eigenvalue weighted by atomic mass is 10.1. The van der Waals surface area contributed by atoms with Crippen molar-refractivity contribution in [2.45, 2.75) is 25.9 Å². The number of ether oxygens (including phenoxy) is 1. The maximum Gasteiger partial charge on any atom is 0.222 e. The summed E-state index contributed by atoms with van der Waals surface area (Å²) < 4.78 is 18.8. The highest BCUT2D eigenvalue weighted by atomic mass is 19.1. The van der Waals surface area contributed by atoms with E-state index in [1.807, 2.05) is 30.0 Å². The van der Waals surface area contributed by atoms with Crippen molar-refractivity contribution in [3.05, 3.63) is 65.2 Å². The molecule has 2 heterocycles. The van der Waals surface area contributed by atoms with Crippen LogP contribution < -0.4 is 0 Å². The lowest BCUT2D eigenvalue weighted by Gasteiger charge is -2.32. The van der Waals surface area contributed by atoms with Gasteiger partial charge in [-0.25, -0.2) is 4.39 Å². The summed E-state index contributed by atoms with van der Waals surface area (Å²) >= 11 is 0. The van der Waals surface area contributed by atoms with Crippen molar-refractivity contribution in [1.29, 1.82) is 0 Å². The minimum absolute atomic E-state index is 0.144. The molecule has 1 saturated heterocycles. The highest BCUT2D eigenvalue weighted by molar-refractivity contribution is 5.75. The molecule has 0 spiro atoms. The van der Waals surface area contributed by atoms with Gasteiger partial charge < -0.3 is 9.64 Å². The van der Waals surface area contributed by atoms with Gasteiger partial charge in [-0.15, -0.1) is 0 Å². The average Bonchev–Trinajstić information content (AvgIpc) is 2.63. The zero-order valence-corrected chi connectivity index (χ0v) is 13.7. The number of morpholine rings is 1. The number of halogens is 1. The van der Waals surface area contributed by atoms with Gasteiger partial charge in [-0.05, 0) is 29.8 Å². The molecule has 0 aliphatic carbocycles. The quantitative estimate of drug-likeness (QED) is 0.866. The maximum absolute atomic E-state index is 13.0. The molecule has 5 heteroatoms. The topological polar surface area (TPSA) is 42.4 Å². The van der Waals surface area contributed by atoms with E-state index in [1.54, 1.807) is 12.1 Å². The summed E-state index contributed by atoms with van der Waals surface area (Å²) in [7, 11) is 0. The zero-order chi connectivity index (χ0) is 16.9. The predicted molar refractivity (Wildman–Crippen MR) is 89.0 cm³/mol. The van der Waals surface area contributed by atoms with Gasteiger partial charge in [0.25, 0.3) is 0 Å². The van der Waals surface area contributed by atoms with E-state index >= 15 is 0 Å². The normalized spacial score (nSPS) is 17.8. The molecule has 2 aromatic rings. The first kappa shape index (κ1) is 16.6. The Labute approximate surface area is 141 Å². The molecule has 0 N–H and O–H groups in total. The molecule has 1 aromatic carbocycles. The molecule has 24 heavy (non-hydrogen) atoms. The third-order valence-electron chi connectivity index (χ3n) is 4.18. The molecule has 0 saturated carbocycles. The van der Waals surface area contributed by atoms with E-state index in [1.165, 1.54) is 12.1 Å². The number of aromatic nitrogens is 1. The average molecular weight is 328 g/mol. The van der Waals surface area contributed by atoms with E-state index in [9.17, 15) is 9.18 Å². The summed E-state index contributed by atoms with van der Waals surface area (Å²) in [5, 5.41) is 0. The Hall–Kier alpha value is -2.27. The fraction of sp³-hybridized carbons (Fsp3) is 0.368. The van der Waals surface area contributed by atoms with E-state index in [0.717, 1.165) is 17.0 Å². The zero-order valence-electron chi connectivity index (χ0n) is 13.7. The monoisotopic (exact) mass is 328 g/mol. The third kappa shape index (κ3) is 3.97. The first-order chi connectivity index (χ1) is 11.7. The highest BCUT2D eigenvalue weighted by Crippen LogP contribution is 2.22. The maximum atomic E-state index is 13.0. The van der Waals surface area contributed by atoms with Crippen molar-refractivity contribution < 1.29 is 13.9 Å². The molecule has 1 aliphatic rings. The van der Waals surface area contributed by atoms with E-state index in [0.29, 0.717) is 32.5 Å². The summed E-state index contributed by atoms with van der Waals surface area (Å²) in [5.41, 5.74) is 2.75. The summed E-state index contributed by atoms with van der Waals surface area (Å²) in [4.78, 5) is 18.4. The largest absolute Gasteiger partial charge is 0.368 e. The van der Waals surface area contributed by atoms with Gasteiger partial charge in [0, 0.05) is 25.1 Å². The van der Waals surface area contributed by atoms with Gasteiger partial charge in [-0.3, -0.25) is 9.78 Å². The second kappa shape index (κ2) is 7.53. The highest BCUT2D eigenvalue weighted by Gasteiger charge is 2.25. The molecule has 1 unspecified atom stereocenters. The molecule has 1 aliphatic heterocycles. The minimum atomic E-state index is -0.239. The van der Waals surface area contributed by atoms with Crippen LogP contribution in [0.2, 0.25) is 0 Å². The molecular weight excluding hydrogens is 307 g/mol. The molecule has 1 fully saturated rings. The van der Waals surface area contributed by atoms with Crippen molar-refractivity contribution in [3.63, 3.8) is 0 Å². The molecule has 0 bridgehead atoms. The van der Waals surface area contributed by atoms with Gasteiger partial charge >= 0.3 is 0 Å². The van der Waals surface area contributed by atoms with Gasteiger partial charge in [0.1, 0.15) is 11.9 Å². The van der Waals surface area contributed by atoms with Crippen LogP contribution in [0.15, 0.2) is 42.5 Å². The standard InChI is InChI=1S/C19H21FN2O2/c1-2-19(23)22-10-11-24-18(13-22)17-5-3-4-16(21-17)12-14-6-8-15(20)9-7-14/h3-9,18H,2,10-13H2,1H3. The Morgan fingerprint density at radius 2 is 2.08 bits per heavy atom. The van der Waals surface area contributed by atoms with Crippen LogP contribution in [0.25, 0.3) is 0 Å². The third-order valence-corrected chi connectivity index (χ3v) is 4.18. The molecule has 126 valence electrons. The summed E-state index contributed by atoms with van der Waals surface area (Å²) in [5.74, 6) is -0.0949. The molecule has 0 radical (unpaired) electrons. The Morgan fingerprint density at radius 3 is 2.83 bits per heavy atom. The number of carbonyl (C=O) groups excluding carboxylic acids is 1. The summed E-state index contributed by atoms with van der Waals surface area (Å²) in [6.45, 7) is 3.58.